The third-order valence-corrected chi connectivity index (χ3v) is 13.2. The first-order valence-corrected chi connectivity index (χ1v) is 11.3. The molecule has 1 heterocycles. The van der Waals surface area contributed by atoms with Gasteiger partial charge < -0.3 is 4.42 Å². The second-order valence-corrected chi connectivity index (χ2v) is 13.7. The van der Waals surface area contributed by atoms with E-state index in [-0.39, 0.29) is 0 Å². The van der Waals surface area contributed by atoms with Gasteiger partial charge in [-0.15, -0.1) is 0 Å². The predicted molar refractivity (Wildman–Crippen MR) is 100 cm³/mol. The molecule has 0 N–H and O–H groups in total. The minimum absolute atomic E-state index is 0.770. The fourth-order valence-electron chi connectivity index (χ4n) is 4.46. The Hall–Kier alpha value is -1.02. The largest absolute Gasteiger partial charge is 0.461 e. The molecule has 0 radical (unpaired) electrons. The highest BCUT2D eigenvalue weighted by atomic mass is 28.3. The van der Waals surface area contributed by atoms with Gasteiger partial charge in [-0.1, -0.05) is 83.3 Å². The van der Waals surface area contributed by atoms with Crippen molar-refractivity contribution in [2.75, 3.05) is 0 Å². The highest BCUT2D eigenvalue weighted by Gasteiger charge is 2.43. The number of hydrogen-bond donors (Lipinski definition) is 0. The molecule has 0 spiro atoms. The molecule has 0 amide bonds. The summed E-state index contributed by atoms with van der Waals surface area (Å²) in [5.41, 5.74) is 4.75. The Morgan fingerprint density at radius 2 is 1.55 bits per heavy atom. The zero-order valence-electron chi connectivity index (χ0n) is 15.4. The maximum Gasteiger partial charge on any atom is 0.137 e. The van der Waals surface area contributed by atoms with Crippen LogP contribution >= 0.6 is 0 Å². The SMILES string of the molecule is CCc1cccc2cc(C[Si](C(C)C)(C(C)C)C(C)C)oc12. The van der Waals surface area contributed by atoms with Crippen molar-refractivity contribution in [1.82, 2.24) is 0 Å². The van der Waals surface area contributed by atoms with Crippen LogP contribution in [0.15, 0.2) is 28.7 Å². The van der Waals surface area contributed by atoms with Gasteiger partial charge in [-0.25, -0.2) is 0 Å². The molecule has 22 heavy (non-hydrogen) atoms. The summed E-state index contributed by atoms with van der Waals surface area (Å²) in [5.74, 6) is 1.21. The van der Waals surface area contributed by atoms with Gasteiger partial charge in [0.1, 0.15) is 11.3 Å². The van der Waals surface area contributed by atoms with Gasteiger partial charge in [0.2, 0.25) is 0 Å². The normalized spacial score (nSPS) is 13.0. The van der Waals surface area contributed by atoms with Crippen molar-refractivity contribution in [1.29, 1.82) is 0 Å². The fraction of sp³-hybridized carbons (Fsp3) is 0.600. The number of rotatable bonds is 6. The molecule has 0 aliphatic rings. The van der Waals surface area contributed by atoms with Crippen LogP contribution in [0.3, 0.4) is 0 Å². The van der Waals surface area contributed by atoms with Crippen LogP contribution in [0.1, 0.15) is 59.8 Å². The van der Waals surface area contributed by atoms with Crippen LogP contribution in [0.5, 0.6) is 0 Å². The lowest BCUT2D eigenvalue weighted by Crippen LogP contribution is -2.46. The maximum atomic E-state index is 6.33. The van der Waals surface area contributed by atoms with Gasteiger partial charge >= 0.3 is 0 Å². The quantitative estimate of drug-likeness (QED) is 0.537. The lowest BCUT2D eigenvalue weighted by molar-refractivity contribution is 0.560. The summed E-state index contributed by atoms with van der Waals surface area (Å²) < 4.78 is 6.33. The summed E-state index contributed by atoms with van der Waals surface area (Å²) >= 11 is 0. The minimum atomic E-state index is -1.45. The molecule has 0 aliphatic heterocycles. The van der Waals surface area contributed by atoms with Crippen LogP contribution in [-0.4, -0.2) is 8.07 Å². The van der Waals surface area contributed by atoms with Crippen molar-refractivity contribution >= 4 is 19.0 Å². The molecule has 1 aromatic carbocycles. The van der Waals surface area contributed by atoms with Crippen molar-refractivity contribution in [2.45, 2.75) is 77.6 Å². The van der Waals surface area contributed by atoms with Crippen LogP contribution in [0, 0.1) is 0 Å². The number of furan rings is 1. The van der Waals surface area contributed by atoms with Gasteiger partial charge in [0.25, 0.3) is 0 Å². The molecule has 2 aromatic rings. The summed E-state index contributed by atoms with van der Waals surface area (Å²) in [7, 11) is -1.45. The predicted octanol–water partition coefficient (Wildman–Crippen LogP) is 6.76. The maximum absolute atomic E-state index is 6.33. The standard InChI is InChI=1S/C20H32OSi/c1-8-17-10-9-11-18-12-19(21-20(17)18)13-22(14(2)3,15(4)5)16(6)7/h9-12,14-16H,8,13H2,1-7H3. The molecule has 0 unspecified atom stereocenters. The molecular weight excluding hydrogens is 284 g/mol. The number of fused-ring (bicyclic) bond motifs is 1. The van der Waals surface area contributed by atoms with E-state index in [9.17, 15) is 0 Å². The molecule has 2 rings (SSSR count). The van der Waals surface area contributed by atoms with E-state index in [0.717, 1.165) is 34.7 Å². The number of para-hydroxylation sites is 1. The third kappa shape index (κ3) is 2.90. The summed E-state index contributed by atoms with van der Waals surface area (Å²) in [6.45, 7) is 16.7. The smallest absolute Gasteiger partial charge is 0.137 e. The van der Waals surface area contributed by atoms with E-state index in [2.05, 4.69) is 72.7 Å². The molecule has 0 aliphatic carbocycles. The van der Waals surface area contributed by atoms with Gasteiger partial charge in [0.05, 0.1) is 8.07 Å². The van der Waals surface area contributed by atoms with Crippen LogP contribution in [-0.2, 0) is 12.5 Å². The van der Waals surface area contributed by atoms with Gasteiger partial charge in [-0.05, 0) is 18.1 Å². The summed E-state index contributed by atoms with van der Waals surface area (Å²) in [4.78, 5) is 0. The molecule has 0 saturated heterocycles. The minimum Gasteiger partial charge on any atom is -0.461 e. The van der Waals surface area contributed by atoms with Crippen molar-refractivity contribution < 1.29 is 4.42 Å². The van der Waals surface area contributed by atoms with Crippen LogP contribution in [0.4, 0.5) is 0 Å². The summed E-state index contributed by atoms with van der Waals surface area (Å²) in [5, 5.41) is 1.27. The van der Waals surface area contributed by atoms with Crippen molar-refractivity contribution in [3.63, 3.8) is 0 Å². The molecule has 0 bridgehead atoms. The number of aryl methyl sites for hydroxylation is 1. The van der Waals surface area contributed by atoms with E-state index in [0.29, 0.717) is 0 Å². The van der Waals surface area contributed by atoms with E-state index in [1.807, 2.05) is 0 Å². The number of hydrogen-bond acceptors (Lipinski definition) is 1. The lowest BCUT2D eigenvalue weighted by atomic mass is 10.1. The van der Waals surface area contributed by atoms with Crippen molar-refractivity contribution in [2.24, 2.45) is 0 Å². The Kier molecular flexibility index (Phi) is 5.21. The Morgan fingerprint density at radius 3 is 2.05 bits per heavy atom. The molecule has 0 saturated carbocycles. The Balaban J connectivity index is 2.47. The first-order valence-electron chi connectivity index (χ1n) is 8.83. The van der Waals surface area contributed by atoms with Crippen molar-refractivity contribution in [3.05, 3.63) is 35.6 Å². The second-order valence-electron chi connectivity index (χ2n) is 7.66. The van der Waals surface area contributed by atoms with Gasteiger partial charge in [-0.3, -0.25) is 0 Å². The Bertz CT molecular complexity index is 600. The highest BCUT2D eigenvalue weighted by molar-refractivity contribution is 6.82. The molecule has 122 valence electrons. The van der Waals surface area contributed by atoms with E-state index in [1.165, 1.54) is 16.7 Å². The molecule has 0 fully saturated rings. The van der Waals surface area contributed by atoms with Gasteiger partial charge in [-0.2, -0.15) is 0 Å². The highest BCUT2D eigenvalue weighted by Crippen LogP contribution is 2.44. The first-order chi connectivity index (χ1) is 10.3. The average molecular weight is 317 g/mol. The van der Waals surface area contributed by atoms with E-state index in [4.69, 9.17) is 4.42 Å². The first kappa shape index (κ1) is 17.3. The molecule has 0 atom stereocenters. The zero-order valence-corrected chi connectivity index (χ0v) is 16.4. The van der Waals surface area contributed by atoms with Crippen molar-refractivity contribution in [3.8, 4) is 0 Å². The molecule has 1 aromatic heterocycles. The number of benzene rings is 1. The Morgan fingerprint density at radius 1 is 0.955 bits per heavy atom. The summed E-state index contributed by atoms with van der Waals surface area (Å²) in [6, 6.07) is 9.98. The molecule has 1 nitrogen and oxygen atoms in total. The van der Waals surface area contributed by atoms with Crippen LogP contribution < -0.4 is 0 Å². The van der Waals surface area contributed by atoms with Gasteiger partial charge in [0, 0.05) is 11.4 Å². The second kappa shape index (κ2) is 6.62. The Labute approximate surface area is 137 Å². The van der Waals surface area contributed by atoms with E-state index >= 15 is 0 Å². The fourth-order valence-corrected chi connectivity index (χ4v) is 10.5. The lowest BCUT2D eigenvalue weighted by Gasteiger charge is -2.42. The van der Waals surface area contributed by atoms with E-state index < -0.39 is 8.07 Å². The van der Waals surface area contributed by atoms with E-state index in [1.54, 1.807) is 0 Å². The van der Waals surface area contributed by atoms with Crippen LogP contribution in [0.25, 0.3) is 11.0 Å². The van der Waals surface area contributed by atoms with Crippen LogP contribution in [0.2, 0.25) is 16.6 Å². The third-order valence-electron chi connectivity index (χ3n) is 5.76. The molecule has 2 heteroatoms. The average Bonchev–Trinajstić information content (AvgIpc) is 2.85. The zero-order chi connectivity index (χ0) is 16.5. The van der Waals surface area contributed by atoms with Gasteiger partial charge in [0.15, 0.2) is 0 Å². The topological polar surface area (TPSA) is 13.1 Å². The monoisotopic (exact) mass is 316 g/mol. The summed E-state index contributed by atoms with van der Waals surface area (Å²) in [6.07, 6.45) is 1.03. The molecular formula is C20H32OSi.